The van der Waals surface area contributed by atoms with Crippen LogP contribution in [0.1, 0.15) is 6.42 Å². The summed E-state index contributed by atoms with van der Waals surface area (Å²) < 4.78 is 35.1. The average Bonchev–Trinajstić information content (AvgIpc) is 2.43. The fraction of sp³-hybridized carbons (Fsp3) is 0.333. The second-order valence-electron chi connectivity index (χ2n) is 3.72. The number of hydrogen-bond donors (Lipinski definition) is 1. The fourth-order valence-electron chi connectivity index (χ4n) is 1.29. The summed E-state index contributed by atoms with van der Waals surface area (Å²) in [5, 5.41) is 8.35. The summed E-state index contributed by atoms with van der Waals surface area (Å²) in [5.74, 6) is -0.480. The van der Waals surface area contributed by atoms with Gasteiger partial charge in [-0.05, 0) is 24.3 Å². The molecule has 20 heavy (non-hydrogen) atoms. The number of rotatable bonds is 7. The second kappa shape index (κ2) is 7.35. The molecule has 0 unspecified atom stereocenters. The minimum Gasteiger partial charge on any atom is -0.479 e. The Morgan fingerprint density at radius 1 is 1.35 bits per heavy atom. The molecule has 1 aromatic rings. The van der Waals surface area contributed by atoms with E-state index >= 15 is 0 Å². The monoisotopic (exact) mass is 298 g/mol. The van der Waals surface area contributed by atoms with Gasteiger partial charge in [-0.3, -0.25) is 9.52 Å². The molecule has 1 rings (SSSR count). The van der Waals surface area contributed by atoms with Crippen molar-refractivity contribution in [2.75, 3.05) is 24.2 Å². The zero-order valence-corrected chi connectivity index (χ0v) is 11.6. The first-order valence-electron chi connectivity index (χ1n) is 5.64. The molecular formula is C12H14N2O5S. The normalized spacial score (nSPS) is 10.4. The molecule has 0 spiro atoms. The Hall–Kier alpha value is -2.27. The third-order valence-electron chi connectivity index (χ3n) is 2.23. The number of methoxy groups -OCH3 is 1. The van der Waals surface area contributed by atoms with E-state index in [1.165, 1.54) is 31.4 Å². The largest absolute Gasteiger partial charge is 0.479 e. The number of benzene rings is 1. The minimum absolute atomic E-state index is 0.0792. The molecule has 7 nitrogen and oxygen atoms in total. The molecule has 0 saturated heterocycles. The van der Waals surface area contributed by atoms with Crippen LogP contribution in [0.5, 0.6) is 5.75 Å². The standard InChI is InChI=1S/C12H14N2O5S/c1-18-12(15)6-9-20(16,17)14-10-2-4-11(5-3-10)19-8-7-13/h2-5,14H,6,8-9H2,1H3. The molecule has 0 atom stereocenters. The van der Waals surface area contributed by atoms with E-state index in [0.29, 0.717) is 11.4 Å². The van der Waals surface area contributed by atoms with Crippen molar-refractivity contribution in [2.24, 2.45) is 0 Å². The van der Waals surface area contributed by atoms with Crippen molar-refractivity contribution >= 4 is 21.7 Å². The third-order valence-corrected chi connectivity index (χ3v) is 3.52. The molecule has 0 saturated carbocycles. The maximum atomic E-state index is 11.7. The first-order chi connectivity index (χ1) is 9.46. The minimum atomic E-state index is -3.61. The summed E-state index contributed by atoms with van der Waals surface area (Å²) in [6.07, 6.45) is -0.213. The number of carbonyl (C=O) groups is 1. The van der Waals surface area contributed by atoms with E-state index in [4.69, 9.17) is 10.00 Å². The molecule has 0 aliphatic rings. The van der Waals surface area contributed by atoms with E-state index < -0.39 is 16.0 Å². The molecule has 0 amide bonds. The van der Waals surface area contributed by atoms with Crippen LogP contribution >= 0.6 is 0 Å². The summed E-state index contributed by atoms with van der Waals surface area (Å²) in [4.78, 5) is 10.9. The van der Waals surface area contributed by atoms with Gasteiger partial charge in [0.2, 0.25) is 10.0 Å². The van der Waals surface area contributed by atoms with Crippen LogP contribution in [-0.4, -0.2) is 33.9 Å². The van der Waals surface area contributed by atoms with Crippen LogP contribution in [0.2, 0.25) is 0 Å². The summed E-state index contributed by atoms with van der Waals surface area (Å²) >= 11 is 0. The van der Waals surface area contributed by atoms with Crippen LogP contribution in [0.3, 0.4) is 0 Å². The van der Waals surface area contributed by atoms with Gasteiger partial charge in [0.25, 0.3) is 0 Å². The summed E-state index contributed by atoms with van der Waals surface area (Å²) in [6.45, 7) is -0.0792. The Balaban J connectivity index is 2.59. The SMILES string of the molecule is COC(=O)CCS(=O)(=O)Nc1ccc(OCC#N)cc1. The van der Waals surface area contributed by atoms with Crippen molar-refractivity contribution < 1.29 is 22.7 Å². The number of ether oxygens (including phenoxy) is 2. The number of hydrogen-bond acceptors (Lipinski definition) is 6. The molecule has 0 heterocycles. The molecular weight excluding hydrogens is 284 g/mol. The summed E-state index contributed by atoms with van der Waals surface area (Å²) in [6, 6.07) is 7.90. The highest BCUT2D eigenvalue weighted by Crippen LogP contribution is 2.16. The van der Waals surface area contributed by atoms with Crippen LogP contribution in [0.15, 0.2) is 24.3 Å². The van der Waals surface area contributed by atoms with E-state index in [1.807, 2.05) is 6.07 Å². The van der Waals surface area contributed by atoms with E-state index in [9.17, 15) is 13.2 Å². The molecule has 108 valence electrons. The van der Waals surface area contributed by atoms with Gasteiger partial charge in [0.05, 0.1) is 19.3 Å². The van der Waals surface area contributed by atoms with Crippen LogP contribution in [0.4, 0.5) is 5.69 Å². The second-order valence-corrected chi connectivity index (χ2v) is 5.56. The highest BCUT2D eigenvalue weighted by atomic mass is 32.2. The average molecular weight is 298 g/mol. The molecule has 8 heteroatoms. The van der Waals surface area contributed by atoms with Gasteiger partial charge in [-0.2, -0.15) is 5.26 Å². The maximum Gasteiger partial charge on any atom is 0.306 e. The molecule has 0 fully saturated rings. The fourth-order valence-corrected chi connectivity index (χ4v) is 2.32. The van der Waals surface area contributed by atoms with Gasteiger partial charge in [-0.15, -0.1) is 0 Å². The molecule has 1 aromatic carbocycles. The highest BCUT2D eigenvalue weighted by Gasteiger charge is 2.13. The van der Waals surface area contributed by atoms with E-state index in [-0.39, 0.29) is 18.8 Å². The summed E-state index contributed by atoms with van der Waals surface area (Å²) in [5.41, 5.74) is 0.346. The third kappa shape index (κ3) is 5.58. The van der Waals surface area contributed by atoms with Crippen molar-refractivity contribution in [1.29, 1.82) is 5.26 Å². The van der Waals surface area contributed by atoms with Crippen LogP contribution in [0.25, 0.3) is 0 Å². The number of anilines is 1. The Labute approximate surface area is 117 Å². The van der Waals surface area contributed by atoms with Gasteiger partial charge in [-0.1, -0.05) is 0 Å². The lowest BCUT2D eigenvalue weighted by molar-refractivity contribution is -0.140. The molecule has 0 aliphatic carbocycles. The Bertz CT molecular complexity index is 589. The number of nitrogens with one attached hydrogen (secondary N) is 1. The Morgan fingerprint density at radius 2 is 2.00 bits per heavy atom. The highest BCUT2D eigenvalue weighted by molar-refractivity contribution is 7.92. The number of nitriles is 1. The van der Waals surface area contributed by atoms with Crippen LogP contribution in [-0.2, 0) is 19.6 Å². The predicted octanol–water partition coefficient (Wildman–Crippen LogP) is 0.894. The van der Waals surface area contributed by atoms with Gasteiger partial charge in [0.15, 0.2) is 6.61 Å². The van der Waals surface area contributed by atoms with E-state index in [1.54, 1.807) is 0 Å². The topological polar surface area (TPSA) is 105 Å². The van der Waals surface area contributed by atoms with Crippen molar-refractivity contribution in [1.82, 2.24) is 0 Å². The first kappa shape index (κ1) is 15.8. The van der Waals surface area contributed by atoms with Crippen molar-refractivity contribution in [2.45, 2.75) is 6.42 Å². The zero-order valence-electron chi connectivity index (χ0n) is 10.8. The number of nitrogens with zero attached hydrogens (tertiary/aromatic N) is 1. The molecule has 0 aromatic heterocycles. The van der Waals surface area contributed by atoms with Crippen LogP contribution < -0.4 is 9.46 Å². The number of sulfonamides is 1. The van der Waals surface area contributed by atoms with Crippen molar-refractivity contribution in [3.05, 3.63) is 24.3 Å². The maximum absolute atomic E-state index is 11.7. The molecule has 0 bridgehead atoms. The molecule has 1 N–H and O–H groups in total. The van der Waals surface area contributed by atoms with Crippen molar-refractivity contribution in [3.8, 4) is 11.8 Å². The Morgan fingerprint density at radius 3 is 2.55 bits per heavy atom. The van der Waals surface area contributed by atoms with Gasteiger partial charge in [-0.25, -0.2) is 8.42 Å². The quantitative estimate of drug-likeness (QED) is 0.749. The van der Waals surface area contributed by atoms with Crippen LogP contribution in [0, 0.1) is 11.3 Å². The van der Waals surface area contributed by atoms with E-state index in [2.05, 4.69) is 9.46 Å². The smallest absolute Gasteiger partial charge is 0.306 e. The van der Waals surface area contributed by atoms with Crippen molar-refractivity contribution in [3.63, 3.8) is 0 Å². The number of carbonyl (C=O) groups excluding carboxylic acids is 1. The first-order valence-corrected chi connectivity index (χ1v) is 7.29. The Kier molecular flexibility index (Phi) is 5.80. The van der Waals surface area contributed by atoms with Gasteiger partial charge >= 0.3 is 5.97 Å². The van der Waals surface area contributed by atoms with E-state index in [0.717, 1.165) is 0 Å². The predicted molar refractivity (Wildman–Crippen MR) is 71.6 cm³/mol. The van der Waals surface area contributed by atoms with Gasteiger partial charge in [0.1, 0.15) is 11.8 Å². The molecule has 0 aliphatic heterocycles. The zero-order chi connectivity index (χ0) is 15.0. The lowest BCUT2D eigenvalue weighted by Crippen LogP contribution is -2.19. The molecule has 0 radical (unpaired) electrons. The number of esters is 1. The summed E-state index contributed by atoms with van der Waals surface area (Å²) in [7, 11) is -2.42. The van der Waals surface area contributed by atoms with Gasteiger partial charge in [0, 0.05) is 5.69 Å². The lowest BCUT2D eigenvalue weighted by atomic mass is 10.3. The van der Waals surface area contributed by atoms with Gasteiger partial charge < -0.3 is 9.47 Å². The lowest BCUT2D eigenvalue weighted by Gasteiger charge is -2.08.